The number of carbonyl (C=O) groups excluding carboxylic acids is 1. The maximum Gasteiger partial charge on any atom is 0.327 e. The molecule has 0 spiro atoms. The first-order valence-electron chi connectivity index (χ1n) is 6.11. The minimum atomic E-state index is -1.02. The molecular formula is C13H14N2O3S3. The highest BCUT2D eigenvalue weighted by Crippen LogP contribution is 2.27. The normalized spacial score (nSPS) is 12.0. The summed E-state index contributed by atoms with van der Waals surface area (Å²) in [6, 6.07) is 1.17. The van der Waals surface area contributed by atoms with E-state index in [4.69, 9.17) is 5.11 Å². The van der Waals surface area contributed by atoms with Crippen LogP contribution in [0.1, 0.15) is 12.6 Å². The molecule has 21 heavy (non-hydrogen) atoms. The van der Waals surface area contributed by atoms with Gasteiger partial charge in [-0.2, -0.15) is 23.1 Å². The number of thiophene rings is 1. The Bertz CT molecular complexity index is 610. The van der Waals surface area contributed by atoms with E-state index in [-0.39, 0.29) is 5.91 Å². The molecule has 0 fully saturated rings. The van der Waals surface area contributed by atoms with Crippen molar-refractivity contribution < 1.29 is 14.7 Å². The number of thiazole rings is 1. The van der Waals surface area contributed by atoms with Crippen LogP contribution >= 0.6 is 34.4 Å². The minimum absolute atomic E-state index is 0.320. The van der Waals surface area contributed by atoms with Crippen LogP contribution in [0, 0.1) is 0 Å². The van der Waals surface area contributed by atoms with Crippen LogP contribution in [0.2, 0.25) is 0 Å². The molecule has 0 aliphatic carbocycles. The number of thioether (sulfide) groups is 1. The van der Waals surface area contributed by atoms with Gasteiger partial charge in [0.2, 0.25) is 5.91 Å². The molecule has 0 aliphatic rings. The van der Waals surface area contributed by atoms with Gasteiger partial charge in [0.1, 0.15) is 11.0 Å². The first-order valence-corrected chi connectivity index (χ1v) is 9.08. The Morgan fingerprint density at radius 1 is 1.48 bits per heavy atom. The van der Waals surface area contributed by atoms with Crippen LogP contribution in [0.3, 0.4) is 0 Å². The van der Waals surface area contributed by atoms with Gasteiger partial charge in [-0.1, -0.05) is 0 Å². The SMILES string of the molecule is CC(=O)N[C@@H](CSCc1csc(-c2ccsc2)n1)C(=O)O. The third kappa shape index (κ3) is 4.83. The molecule has 5 nitrogen and oxygen atoms in total. The Morgan fingerprint density at radius 2 is 2.29 bits per heavy atom. The second-order valence-electron chi connectivity index (χ2n) is 4.26. The van der Waals surface area contributed by atoms with Gasteiger partial charge in [0.05, 0.1) is 5.69 Å². The second-order valence-corrected chi connectivity index (χ2v) is 6.93. The Labute approximate surface area is 134 Å². The highest BCUT2D eigenvalue weighted by molar-refractivity contribution is 7.98. The molecule has 0 saturated heterocycles. The summed E-state index contributed by atoms with van der Waals surface area (Å²) >= 11 is 4.66. The molecule has 2 N–H and O–H groups in total. The van der Waals surface area contributed by atoms with E-state index in [0.717, 1.165) is 16.3 Å². The fourth-order valence-electron chi connectivity index (χ4n) is 1.59. The Hall–Kier alpha value is -1.38. The fourth-order valence-corrected chi connectivity index (χ4v) is 4.17. The van der Waals surface area contributed by atoms with Gasteiger partial charge in [0, 0.05) is 34.8 Å². The maximum atomic E-state index is 11.0. The van der Waals surface area contributed by atoms with E-state index in [2.05, 4.69) is 10.3 Å². The molecular weight excluding hydrogens is 328 g/mol. The zero-order valence-electron chi connectivity index (χ0n) is 11.2. The smallest absolute Gasteiger partial charge is 0.327 e. The van der Waals surface area contributed by atoms with Crippen molar-refractivity contribution in [3.05, 3.63) is 27.9 Å². The number of rotatable bonds is 7. The molecule has 0 radical (unpaired) electrons. The summed E-state index contributed by atoms with van der Waals surface area (Å²) in [5, 5.41) is 18.4. The van der Waals surface area contributed by atoms with Crippen LogP contribution < -0.4 is 5.32 Å². The molecule has 2 rings (SSSR count). The lowest BCUT2D eigenvalue weighted by atomic mass is 10.3. The van der Waals surface area contributed by atoms with Gasteiger partial charge >= 0.3 is 5.97 Å². The predicted octanol–water partition coefficient (Wildman–Crippen LogP) is 2.69. The topological polar surface area (TPSA) is 79.3 Å². The van der Waals surface area contributed by atoms with Crippen LogP contribution in [-0.4, -0.2) is 33.8 Å². The molecule has 2 aromatic rings. The van der Waals surface area contributed by atoms with Crippen LogP contribution in [0.25, 0.3) is 10.6 Å². The number of nitrogens with zero attached hydrogens (tertiary/aromatic N) is 1. The minimum Gasteiger partial charge on any atom is -0.480 e. The molecule has 2 heterocycles. The van der Waals surface area contributed by atoms with Gasteiger partial charge < -0.3 is 10.4 Å². The quantitative estimate of drug-likeness (QED) is 0.809. The lowest BCUT2D eigenvalue weighted by molar-refractivity contribution is -0.140. The average molecular weight is 342 g/mol. The largest absolute Gasteiger partial charge is 0.480 e. The number of carbonyl (C=O) groups is 2. The van der Waals surface area contributed by atoms with Crippen LogP contribution in [-0.2, 0) is 15.3 Å². The Balaban J connectivity index is 1.85. The molecule has 1 atom stereocenters. The molecule has 0 unspecified atom stereocenters. The zero-order valence-corrected chi connectivity index (χ0v) is 13.7. The summed E-state index contributed by atoms with van der Waals surface area (Å²) in [4.78, 5) is 26.5. The van der Waals surface area contributed by atoms with E-state index < -0.39 is 12.0 Å². The lowest BCUT2D eigenvalue weighted by Gasteiger charge is -2.11. The van der Waals surface area contributed by atoms with Gasteiger partial charge in [-0.15, -0.1) is 11.3 Å². The van der Waals surface area contributed by atoms with E-state index in [1.165, 1.54) is 18.7 Å². The zero-order chi connectivity index (χ0) is 15.2. The Morgan fingerprint density at radius 3 is 2.90 bits per heavy atom. The van der Waals surface area contributed by atoms with Crippen molar-refractivity contribution in [3.63, 3.8) is 0 Å². The van der Waals surface area contributed by atoms with Crippen molar-refractivity contribution >= 4 is 46.3 Å². The summed E-state index contributed by atoms with van der Waals surface area (Å²) in [6.45, 7) is 1.31. The molecule has 0 aliphatic heterocycles. The monoisotopic (exact) mass is 342 g/mol. The maximum absolute atomic E-state index is 11.0. The van der Waals surface area contributed by atoms with E-state index in [0.29, 0.717) is 11.5 Å². The summed E-state index contributed by atoms with van der Waals surface area (Å²) in [5.74, 6) is -0.407. The van der Waals surface area contributed by atoms with Crippen molar-refractivity contribution in [2.75, 3.05) is 5.75 Å². The predicted molar refractivity (Wildman–Crippen MR) is 86.8 cm³/mol. The molecule has 0 aromatic carbocycles. The van der Waals surface area contributed by atoms with Crippen molar-refractivity contribution in [2.45, 2.75) is 18.7 Å². The number of hydrogen-bond donors (Lipinski definition) is 2. The van der Waals surface area contributed by atoms with E-state index >= 15 is 0 Å². The average Bonchev–Trinajstić information content (AvgIpc) is 3.07. The van der Waals surface area contributed by atoms with Gasteiger partial charge in [-0.25, -0.2) is 9.78 Å². The summed E-state index contributed by atoms with van der Waals surface area (Å²) in [6.07, 6.45) is 0. The van der Waals surface area contributed by atoms with Crippen LogP contribution in [0.15, 0.2) is 22.2 Å². The highest BCUT2D eigenvalue weighted by atomic mass is 32.2. The highest BCUT2D eigenvalue weighted by Gasteiger charge is 2.18. The van der Waals surface area contributed by atoms with E-state index in [9.17, 15) is 9.59 Å². The van der Waals surface area contributed by atoms with Crippen molar-refractivity contribution in [3.8, 4) is 10.6 Å². The summed E-state index contributed by atoms with van der Waals surface area (Å²) < 4.78 is 0. The van der Waals surface area contributed by atoms with Crippen molar-refractivity contribution in [1.29, 1.82) is 0 Å². The number of hydrogen-bond acceptors (Lipinski definition) is 6. The standard InChI is InChI=1S/C13H14N2O3S3/c1-8(16)14-11(13(17)18)7-20-5-10-6-21-12(15-10)9-2-3-19-4-9/h2-4,6,11H,5,7H2,1H3,(H,14,16)(H,17,18)/t11-/m0/s1. The number of aliphatic carboxylic acids is 1. The van der Waals surface area contributed by atoms with Gasteiger partial charge in [-0.05, 0) is 11.4 Å². The van der Waals surface area contributed by atoms with Crippen molar-refractivity contribution in [2.24, 2.45) is 0 Å². The number of aromatic nitrogens is 1. The molecule has 112 valence electrons. The second kappa shape index (κ2) is 7.58. The number of carboxylic acid groups (broad SMARTS) is 1. The van der Waals surface area contributed by atoms with Gasteiger partial charge in [0.15, 0.2) is 0 Å². The first kappa shape index (κ1) is 16.0. The fraction of sp³-hybridized carbons (Fsp3) is 0.308. The van der Waals surface area contributed by atoms with E-state index in [1.54, 1.807) is 22.7 Å². The van der Waals surface area contributed by atoms with Gasteiger partial charge in [0.25, 0.3) is 0 Å². The number of amides is 1. The van der Waals surface area contributed by atoms with Gasteiger partial charge in [-0.3, -0.25) is 4.79 Å². The summed E-state index contributed by atoms with van der Waals surface area (Å²) in [5.41, 5.74) is 2.04. The van der Waals surface area contributed by atoms with Crippen LogP contribution in [0.4, 0.5) is 0 Å². The molecule has 0 saturated carbocycles. The van der Waals surface area contributed by atoms with Crippen molar-refractivity contribution in [1.82, 2.24) is 10.3 Å². The Kier molecular flexibility index (Phi) is 5.77. The van der Waals surface area contributed by atoms with E-state index in [1.807, 2.05) is 22.2 Å². The number of carboxylic acids is 1. The first-order chi connectivity index (χ1) is 10.1. The molecule has 8 heteroatoms. The molecule has 2 aromatic heterocycles. The summed E-state index contributed by atoms with van der Waals surface area (Å²) in [7, 11) is 0. The lowest BCUT2D eigenvalue weighted by Crippen LogP contribution is -2.41. The molecule has 1 amide bonds. The third-order valence-electron chi connectivity index (χ3n) is 2.53. The van der Waals surface area contributed by atoms with Crippen LogP contribution in [0.5, 0.6) is 0 Å². The third-order valence-corrected chi connectivity index (χ3v) is 5.22. The number of nitrogens with one attached hydrogen (secondary N) is 1. The molecule has 0 bridgehead atoms.